The Balaban J connectivity index is 1.30. The second-order valence-electron chi connectivity index (χ2n) is 7.37. The van der Waals surface area contributed by atoms with Crippen LogP contribution in [0.3, 0.4) is 0 Å². The van der Waals surface area contributed by atoms with Gasteiger partial charge in [-0.1, -0.05) is 29.3 Å². The minimum Gasteiger partial charge on any atom is -0.343 e. The first-order valence-electron chi connectivity index (χ1n) is 9.68. The first kappa shape index (κ1) is 19.9. The quantitative estimate of drug-likeness (QED) is 0.671. The average molecular weight is 428 g/mol. The molecule has 1 aliphatic rings. The van der Waals surface area contributed by atoms with E-state index in [0.717, 1.165) is 33.6 Å². The second kappa shape index (κ2) is 8.51. The number of likely N-dealkylation sites (tertiary alicyclic amines) is 1. The molecule has 1 saturated heterocycles. The Hall–Kier alpha value is -2.44. The van der Waals surface area contributed by atoms with Gasteiger partial charge in [-0.3, -0.25) is 9.59 Å². The van der Waals surface area contributed by atoms with Crippen LogP contribution in [0.2, 0.25) is 5.02 Å². The fraction of sp³-hybridized carbons (Fsp3) is 0.318. The van der Waals surface area contributed by atoms with E-state index in [2.05, 4.69) is 5.32 Å². The topological polar surface area (TPSA) is 62.3 Å². The van der Waals surface area contributed by atoms with Crippen LogP contribution in [-0.2, 0) is 4.79 Å². The van der Waals surface area contributed by atoms with Crippen molar-refractivity contribution in [2.45, 2.75) is 25.7 Å². The van der Waals surface area contributed by atoms with E-state index in [1.807, 2.05) is 48.2 Å². The van der Waals surface area contributed by atoms with Crippen molar-refractivity contribution in [1.82, 2.24) is 15.2 Å². The molecule has 1 fully saturated rings. The molecular formula is C22H22ClN3O2S. The molecule has 1 aliphatic heterocycles. The van der Waals surface area contributed by atoms with E-state index in [-0.39, 0.29) is 18.4 Å². The zero-order chi connectivity index (χ0) is 20.4. The smallest absolute Gasteiger partial charge is 0.251 e. The number of rotatable bonds is 4. The maximum Gasteiger partial charge on any atom is 0.251 e. The number of aryl methyl sites for hydroxylation is 1. The fourth-order valence-corrected chi connectivity index (χ4v) is 4.91. The number of hydrogen-bond acceptors (Lipinski definition) is 4. The maximum absolute atomic E-state index is 12.5. The number of hydrogen-bond donors (Lipinski definition) is 1. The first-order chi connectivity index (χ1) is 14.0. The first-order valence-corrected chi connectivity index (χ1v) is 10.9. The molecule has 1 aromatic heterocycles. The van der Waals surface area contributed by atoms with Gasteiger partial charge in [0, 0.05) is 29.6 Å². The summed E-state index contributed by atoms with van der Waals surface area (Å²) in [4.78, 5) is 31.3. The van der Waals surface area contributed by atoms with Crippen molar-refractivity contribution in [2.24, 2.45) is 0 Å². The van der Waals surface area contributed by atoms with Gasteiger partial charge in [0.05, 0.1) is 21.8 Å². The third kappa shape index (κ3) is 4.60. The highest BCUT2D eigenvalue weighted by Crippen LogP contribution is 2.34. The summed E-state index contributed by atoms with van der Waals surface area (Å²) in [6.45, 7) is 3.32. The Bertz CT molecular complexity index is 1060. The molecule has 5 nitrogen and oxygen atoms in total. The SMILES string of the molecule is Cc1cccc(C(=O)NCC(=O)N2CCC(c3nc4cc(Cl)ccc4s3)CC2)c1. The molecule has 0 radical (unpaired) electrons. The van der Waals surface area contributed by atoms with Crippen molar-refractivity contribution in [2.75, 3.05) is 19.6 Å². The highest BCUT2D eigenvalue weighted by molar-refractivity contribution is 7.18. The molecule has 2 heterocycles. The molecule has 1 N–H and O–H groups in total. The van der Waals surface area contributed by atoms with Gasteiger partial charge in [-0.25, -0.2) is 4.98 Å². The molecule has 3 aromatic rings. The van der Waals surface area contributed by atoms with Crippen molar-refractivity contribution < 1.29 is 9.59 Å². The van der Waals surface area contributed by atoms with E-state index in [4.69, 9.17) is 16.6 Å². The molecule has 7 heteroatoms. The molecule has 0 unspecified atom stereocenters. The molecule has 0 spiro atoms. The van der Waals surface area contributed by atoms with Gasteiger partial charge in [0.1, 0.15) is 0 Å². The summed E-state index contributed by atoms with van der Waals surface area (Å²) >= 11 is 7.76. The number of nitrogens with one attached hydrogen (secondary N) is 1. The minimum atomic E-state index is -0.218. The van der Waals surface area contributed by atoms with E-state index >= 15 is 0 Å². The summed E-state index contributed by atoms with van der Waals surface area (Å²) in [6, 6.07) is 13.1. The zero-order valence-electron chi connectivity index (χ0n) is 16.2. The molecule has 29 heavy (non-hydrogen) atoms. The molecule has 0 saturated carbocycles. The number of halogens is 1. The highest BCUT2D eigenvalue weighted by Gasteiger charge is 2.26. The van der Waals surface area contributed by atoms with Gasteiger partial charge in [0.2, 0.25) is 5.91 Å². The number of fused-ring (bicyclic) bond motifs is 1. The maximum atomic E-state index is 12.5. The lowest BCUT2D eigenvalue weighted by atomic mass is 9.97. The molecule has 2 aromatic carbocycles. The third-order valence-electron chi connectivity index (χ3n) is 5.24. The van der Waals surface area contributed by atoms with Gasteiger partial charge in [0.25, 0.3) is 5.91 Å². The Kier molecular flexibility index (Phi) is 5.83. The second-order valence-corrected chi connectivity index (χ2v) is 8.87. The fourth-order valence-electron chi connectivity index (χ4n) is 3.62. The molecule has 0 aliphatic carbocycles. The van der Waals surface area contributed by atoms with E-state index in [9.17, 15) is 9.59 Å². The number of nitrogens with zero attached hydrogens (tertiary/aromatic N) is 2. The lowest BCUT2D eigenvalue weighted by molar-refractivity contribution is -0.131. The normalized spacial score (nSPS) is 14.9. The standard InChI is InChI=1S/C22H22ClN3O2S/c1-14-3-2-4-16(11-14)21(28)24-13-20(27)26-9-7-15(8-10-26)22-25-18-12-17(23)5-6-19(18)29-22/h2-6,11-12,15H,7-10,13H2,1H3,(H,24,28). The largest absolute Gasteiger partial charge is 0.343 e. The Morgan fingerprint density at radius 3 is 2.76 bits per heavy atom. The van der Waals surface area contributed by atoms with Crippen molar-refractivity contribution in [1.29, 1.82) is 0 Å². The van der Waals surface area contributed by atoms with Crippen LogP contribution < -0.4 is 5.32 Å². The van der Waals surface area contributed by atoms with Crippen LogP contribution in [0.1, 0.15) is 39.7 Å². The average Bonchev–Trinajstić information content (AvgIpc) is 3.15. The van der Waals surface area contributed by atoms with Crippen molar-refractivity contribution in [3.63, 3.8) is 0 Å². The molecule has 0 atom stereocenters. The molecule has 0 bridgehead atoms. The van der Waals surface area contributed by atoms with Crippen LogP contribution in [0.4, 0.5) is 0 Å². The Morgan fingerprint density at radius 2 is 2.00 bits per heavy atom. The Labute approximate surface area is 178 Å². The van der Waals surface area contributed by atoms with Crippen molar-refractivity contribution in [3.8, 4) is 0 Å². The van der Waals surface area contributed by atoms with E-state index in [1.54, 1.807) is 17.4 Å². The summed E-state index contributed by atoms with van der Waals surface area (Å²) in [7, 11) is 0. The van der Waals surface area contributed by atoms with Crippen LogP contribution in [0.25, 0.3) is 10.2 Å². The predicted molar refractivity (Wildman–Crippen MR) is 117 cm³/mol. The van der Waals surface area contributed by atoms with Gasteiger partial charge in [-0.2, -0.15) is 0 Å². The highest BCUT2D eigenvalue weighted by atomic mass is 35.5. The van der Waals surface area contributed by atoms with E-state index in [1.165, 1.54) is 0 Å². The minimum absolute atomic E-state index is 0.0249. The van der Waals surface area contributed by atoms with Crippen LogP contribution in [0.5, 0.6) is 0 Å². The van der Waals surface area contributed by atoms with E-state index in [0.29, 0.717) is 29.6 Å². The van der Waals surface area contributed by atoms with Crippen LogP contribution in [0, 0.1) is 6.92 Å². The molecular weight excluding hydrogens is 406 g/mol. The Morgan fingerprint density at radius 1 is 1.21 bits per heavy atom. The lowest BCUT2D eigenvalue weighted by Crippen LogP contribution is -2.43. The number of carbonyl (C=O) groups excluding carboxylic acids is 2. The van der Waals surface area contributed by atoms with Gasteiger partial charge >= 0.3 is 0 Å². The number of piperidine rings is 1. The number of aromatic nitrogens is 1. The molecule has 150 valence electrons. The number of thiazole rings is 1. The number of benzene rings is 2. The van der Waals surface area contributed by atoms with Crippen LogP contribution >= 0.6 is 22.9 Å². The monoisotopic (exact) mass is 427 g/mol. The van der Waals surface area contributed by atoms with E-state index < -0.39 is 0 Å². The van der Waals surface area contributed by atoms with Gasteiger partial charge in [0.15, 0.2) is 0 Å². The van der Waals surface area contributed by atoms with Gasteiger partial charge in [-0.15, -0.1) is 11.3 Å². The summed E-state index contributed by atoms with van der Waals surface area (Å²) in [6.07, 6.45) is 1.76. The third-order valence-corrected chi connectivity index (χ3v) is 6.68. The molecule has 2 amide bonds. The van der Waals surface area contributed by atoms with Crippen LogP contribution in [0.15, 0.2) is 42.5 Å². The predicted octanol–water partition coefficient (Wildman–Crippen LogP) is 4.39. The van der Waals surface area contributed by atoms with Crippen LogP contribution in [-0.4, -0.2) is 41.3 Å². The van der Waals surface area contributed by atoms with Gasteiger partial charge < -0.3 is 10.2 Å². The number of carbonyl (C=O) groups is 2. The molecule has 4 rings (SSSR count). The summed E-state index contributed by atoms with van der Waals surface area (Å²) in [5.41, 5.74) is 2.53. The van der Waals surface area contributed by atoms with Crippen molar-refractivity contribution in [3.05, 3.63) is 63.6 Å². The summed E-state index contributed by atoms with van der Waals surface area (Å²) in [5.74, 6) is 0.0997. The summed E-state index contributed by atoms with van der Waals surface area (Å²) < 4.78 is 1.14. The lowest BCUT2D eigenvalue weighted by Gasteiger charge is -2.31. The summed E-state index contributed by atoms with van der Waals surface area (Å²) in [5, 5.41) is 4.55. The number of amides is 2. The van der Waals surface area contributed by atoms with Gasteiger partial charge in [-0.05, 0) is 50.1 Å². The van der Waals surface area contributed by atoms with Crippen molar-refractivity contribution >= 4 is 45.0 Å². The zero-order valence-corrected chi connectivity index (χ0v) is 17.7.